The Hall–Kier alpha value is -4.74. The highest BCUT2D eigenvalue weighted by Gasteiger charge is 2.25. The molecule has 0 saturated heterocycles. The molecule has 0 atom stereocenters. The molecule has 2 heterocycles. The second-order valence-corrected chi connectivity index (χ2v) is 7.88. The van der Waals surface area contributed by atoms with E-state index in [2.05, 4.69) is 10.4 Å². The first-order chi connectivity index (χ1) is 17.3. The van der Waals surface area contributed by atoms with Gasteiger partial charge in [-0.2, -0.15) is 5.10 Å². The van der Waals surface area contributed by atoms with Gasteiger partial charge in [-0.05, 0) is 32.0 Å². The lowest BCUT2D eigenvalue weighted by Crippen LogP contribution is -2.41. The molecule has 2 aromatic carbocycles. The zero-order valence-corrected chi connectivity index (χ0v) is 19.6. The summed E-state index contributed by atoms with van der Waals surface area (Å²) in [6.45, 7) is 3.83. The van der Waals surface area contributed by atoms with Crippen molar-refractivity contribution in [3.05, 3.63) is 80.3 Å². The van der Waals surface area contributed by atoms with Gasteiger partial charge < -0.3 is 19.7 Å². The van der Waals surface area contributed by atoms with Gasteiger partial charge in [-0.1, -0.05) is 12.1 Å². The summed E-state index contributed by atoms with van der Waals surface area (Å²) in [6.07, 6.45) is 0. The third-order valence-electron chi connectivity index (χ3n) is 5.45. The molecule has 36 heavy (non-hydrogen) atoms. The van der Waals surface area contributed by atoms with Crippen molar-refractivity contribution in [2.75, 3.05) is 31.6 Å². The number of nitro benzene ring substituents is 1. The van der Waals surface area contributed by atoms with Crippen LogP contribution in [-0.2, 0) is 4.79 Å². The Labute approximate surface area is 205 Å². The van der Waals surface area contributed by atoms with Crippen LogP contribution in [0.15, 0.2) is 53.3 Å². The van der Waals surface area contributed by atoms with Crippen LogP contribution in [0.4, 0.5) is 11.4 Å². The molecule has 0 unspecified atom stereocenters. The number of benzene rings is 2. The molecule has 1 aliphatic rings. The van der Waals surface area contributed by atoms with Crippen LogP contribution < -0.4 is 20.2 Å². The van der Waals surface area contributed by atoms with E-state index in [1.54, 1.807) is 38.1 Å². The Bertz CT molecular complexity index is 1400. The van der Waals surface area contributed by atoms with E-state index in [1.165, 1.54) is 28.9 Å². The average Bonchev–Trinajstić information content (AvgIpc) is 2.87. The fourth-order valence-corrected chi connectivity index (χ4v) is 3.71. The minimum Gasteiger partial charge on any atom is -0.486 e. The van der Waals surface area contributed by atoms with E-state index >= 15 is 0 Å². The van der Waals surface area contributed by atoms with Gasteiger partial charge in [-0.25, -0.2) is 4.68 Å². The number of ether oxygens (including phenoxy) is 2. The van der Waals surface area contributed by atoms with Crippen molar-refractivity contribution in [3.63, 3.8) is 0 Å². The SMILES string of the molecule is CCN(CC(=O)Nc1ccc2c(c1)OCCO2)C(=O)c1nn(-c2ccccc2[N+](=O)[O-])c(C)cc1=O. The number of nitrogens with one attached hydrogen (secondary N) is 1. The summed E-state index contributed by atoms with van der Waals surface area (Å²) >= 11 is 0. The van der Waals surface area contributed by atoms with Crippen LogP contribution in [-0.4, -0.2) is 57.7 Å². The molecule has 186 valence electrons. The van der Waals surface area contributed by atoms with E-state index in [4.69, 9.17) is 9.47 Å². The molecule has 1 N–H and O–H groups in total. The van der Waals surface area contributed by atoms with Crippen LogP contribution >= 0.6 is 0 Å². The van der Waals surface area contributed by atoms with Crippen molar-refractivity contribution in [1.29, 1.82) is 0 Å². The van der Waals surface area contributed by atoms with Crippen molar-refractivity contribution in [3.8, 4) is 17.2 Å². The maximum Gasteiger partial charge on any atom is 0.294 e. The van der Waals surface area contributed by atoms with Crippen molar-refractivity contribution >= 4 is 23.2 Å². The van der Waals surface area contributed by atoms with Gasteiger partial charge in [-0.15, -0.1) is 0 Å². The first kappa shape index (κ1) is 24.4. The van der Waals surface area contributed by atoms with Crippen LogP contribution in [0, 0.1) is 17.0 Å². The van der Waals surface area contributed by atoms with Crippen molar-refractivity contribution in [2.45, 2.75) is 13.8 Å². The van der Waals surface area contributed by atoms with E-state index in [0.29, 0.717) is 36.1 Å². The lowest BCUT2D eigenvalue weighted by atomic mass is 10.2. The molecule has 0 radical (unpaired) electrons. The molecule has 0 saturated carbocycles. The number of rotatable bonds is 7. The number of nitro groups is 1. The van der Waals surface area contributed by atoms with Gasteiger partial charge in [0, 0.05) is 36.1 Å². The fourth-order valence-electron chi connectivity index (χ4n) is 3.71. The molecular formula is C24H23N5O7. The number of para-hydroxylation sites is 2. The molecule has 0 aliphatic carbocycles. The van der Waals surface area contributed by atoms with Crippen molar-refractivity contribution < 1.29 is 24.0 Å². The highest BCUT2D eigenvalue weighted by molar-refractivity contribution is 5.98. The molecule has 4 rings (SSSR count). The van der Waals surface area contributed by atoms with Gasteiger partial charge in [0.15, 0.2) is 17.2 Å². The molecule has 0 spiro atoms. The van der Waals surface area contributed by atoms with E-state index in [0.717, 1.165) is 4.90 Å². The van der Waals surface area contributed by atoms with Gasteiger partial charge in [0.25, 0.3) is 11.6 Å². The predicted octanol–water partition coefficient (Wildman–Crippen LogP) is 2.32. The number of aryl methyl sites for hydroxylation is 1. The topological polar surface area (TPSA) is 146 Å². The maximum absolute atomic E-state index is 13.2. The summed E-state index contributed by atoms with van der Waals surface area (Å²) in [5.41, 5.74) is -0.467. The van der Waals surface area contributed by atoms with Crippen molar-refractivity contribution in [1.82, 2.24) is 14.7 Å². The standard InChI is InChI=1S/C24H23N5O7/c1-3-27(14-22(31)25-16-8-9-20-21(13-16)36-11-10-35-20)24(32)23-19(30)12-15(2)28(26-23)17-6-4-5-7-18(17)29(33)34/h4-9,12-13H,3,10-11,14H2,1-2H3,(H,25,31). The summed E-state index contributed by atoms with van der Waals surface area (Å²) in [5, 5.41) is 18.3. The monoisotopic (exact) mass is 493 g/mol. The van der Waals surface area contributed by atoms with Crippen LogP contribution in [0.5, 0.6) is 11.5 Å². The normalized spacial score (nSPS) is 12.1. The van der Waals surface area contributed by atoms with Gasteiger partial charge in [-0.3, -0.25) is 24.5 Å². The number of aromatic nitrogens is 2. The number of carbonyl (C=O) groups is 2. The number of anilines is 1. The number of carbonyl (C=O) groups excluding carboxylic acids is 2. The van der Waals surface area contributed by atoms with E-state index < -0.39 is 27.9 Å². The number of amides is 2. The molecule has 2 amide bonds. The van der Waals surface area contributed by atoms with Gasteiger partial charge >= 0.3 is 0 Å². The Morgan fingerprint density at radius 1 is 1.14 bits per heavy atom. The van der Waals surface area contributed by atoms with Crippen LogP contribution in [0.3, 0.4) is 0 Å². The lowest BCUT2D eigenvalue weighted by Gasteiger charge is -2.21. The maximum atomic E-state index is 13.2. The third-order valence-corrected chi connectivity index (χ3v) is 5.45. The first-order valence-electron chi connectivity index (χ1n) is 11.1. The van der Waals surface area contributed by atoms with Crippen LogP contribution in [0.1, 0.15) is 23.1 Å². The molecule has 12 nitrogen and oxygen atoms in total. The number of fused-ring (bicyclic) bond motifs is 1. The highest BCUT2D eigenvalue weighted by atomic mass is 16.6. The highest BCUT2D eigenvalue weighted by Crippen LogP contribution is 2.32. The molecule has 12 heteroatoms. The zero-order chi connectivity index (χ0) is 25.8. The lowest BCUT2D eigenvalue weighted by molar-refractivity contribution is -0.384. The van der Waals surface area contributed by atoms with E-state index in [9.17, 15) is 24.5 Å². The number of likely N-dealkylation sites (N-methyl/N-ethyl adjacent to an activating group) is 1. The average molecular weight is 493 g/mol. The fraction of sp³-hybridized carbons (Fsp3) is 0.250. The summed E-state index contributed by atoms with van der Waals surface area (Å²) in [5.74, 6) is -0.188. The minimum atomic E-state index is -0.771. The second kappa shape index (κ2) is 10.3. The largest absolute Gasteiger partial charge is 0.486 e. The van der Waals surface area contributed by atoms with Crippen LogP contribution in [0.25, 0.3) is 5.69 Å². The smallest absolute Gasteiger partial charge is 0.294 e. The molecular weight excluding hydrogens is 470 g/mol. The summed E-state index contributed by atoms with van der Waals surface area (Å²) < 4.78 is 12.1. The molecule has 1 aliphatic heterocycles. The summed E-state index contributed by atoms with van der Waals surface area (Å²) in [6, 6.07) is 12.0. The van der Waals surface area contributed by atoms with Gasteiger partial charge in [0.2, 0.25) is 11.3 Å². The molecule has 3 aromatic rings. The Kier molecular flexibility index (Phi) is 6.95. The van der Waals surface area contributed by atoms with E-state index in [-0.39, 0.29) is 24.5 Å². The summed E-state index contributed by atoms with van der Waals surface area (Å²) in [7, 11) is 0. The Balaban J connectivity index is 1.56. The number of nitrogens with zero attached hydrogens (tertiary/aromatic N) is 4. The van der Waals surface area contributed by atoms with Gasteiger partial charge in [0.1, 0.15) is 25.4 Å². The first-order valence-corrected chi connectivity index (χ1v) is 11.1. The number of hydrogen-bond donors (Lipinski definition) is 1. The van der Waals surface area contributed by atoms with Crippen molar-refractivity contribution in [2.24, 2.45) is 0 Å². The second-order valence-electron chi connectivity index (χ2n) is 7.88. The minimum absolute atomic E-state index is 0.105. The molecule has 1 aromatic heterocycles. The Morgan fingerprint density at radius 2 is 1.86 bits per heavy atom. The Morgan fingerprint density at radius 3 is 2.58 bits per heavy atom. The molecule has 0 bridgehead atoms. The van der Waals surface area contributed by atoms with Gasteiger partial charge in [0.05, 0.1) is 4.92 Å². The zero-order valence-electron chi connectivity index (χ0n) is 19.6. The quantitative estimate of drug-likeness (QED) is 0.390. The third kappa shape index (κ3) is 5.02. The molecule has 0 fully saturated rings. The van der Waals surface area contributed by atoms with E-state index in [1.807, 2.05) is 0 Å². The predicted molar refractivity (Wildman–Crippen MR) is 129 cm³/mol. The number of hydrogen-bond acceptors (Lipinski definition) is 8. The summed E-state index contributed by atoms with van der Waals surface area (Å²) in [4.78, 5) is 50.6. The van der Waals surface area contributed by atoms with Crippen LogP contribution in [0.2, 0.25) is 0 Å².